The number of benzene rings is 2. The van der Waals surface area contributed by atoms with E-state index in [1.807, 2.05) is 0 Å². The van der Waals surface area contributed by atoms with Gasteiger partial charge in [0.05, 0.1) is 0 Å². The van der Waals surface area contributed by atoms with E-state index in [1.54, 1.807) is 42.5 Å². The molecule has 0 amide bonds. The molecule has 0 saturated carbocycles. The summed E-state index contributed by atoms with van der Waals surface area (Å²) in [5.74, 6) is -0.494. The fourth-order valence-corrected chi connectivity index (χ4v) is 5.82. The first kappa shape index (κ1) is 20.7. The van der Waals surface area contributed by atoms with Crippen molar-refractivity contribution in [2.45, 2.75) is 49.3 Å². The number of hydrogen-bond donors (Lipinski definition) is 1. The van der Waals surface area contributed by atoms with Crippen LogP contribution in [-0.4, -0.2) is 20.0 Å². The van der Waals surface area contributed by atoms with Crippen LogP contribution in [0.1, 0.15) is 50.0 Å². The largest absolute Gasteiger partial charge is 0.379 e. The van der Waals surface area contributed by atoms with Crippen LogP contribution in [0.3, 0.4) is 0 Å². The summed E-state index contributed by atoms with van der Waals surface area (Å²) in [5, 5.41) is 3.37. The molecular formula is C25H23NO5S. The fraction of sp³-hybridized carbons (Fsp3) is 0.280. The Hall–Kier alpha value is -3.19. The molecule has 0 saturated heterocycles. The number of carbonyl (C=O) groups is 2. The Morgan fingerprint density at radius 3 is 1.94 bits per heavy atom. The second-order valence-electron chi connectivity index (χ2n) is 8.28. The van der Waals surface area contributed by atoms with Crippen molar-refractivity contribution in [3.05, 3.63) is 82.7 Å². The predicted molar refractivity (Wildman–Crippen MR) is 118 cm³/mol. The standard InChI is InChI=1S/C25H23NO5S/c27-20-13-6-11-18-24(20)23(25-19(26-18)12-7-14-21(25)28)17-10-4-5-15-22(17)31-32(29,30)16-8-2-1-3-9-16/h1-5,8-10,15,23,26H,6-7,11-14H2. The van der Waals surface area contributed by atoms with Gasteiger partial charge in [0.2, 0.25) is 0 Å². The molecular weight excluding hydrogens is 426 g/mol. The highest BCUT2D eigenvalue weighted by Gasteiger charge is 2.41. The van der Waals surface area contributed by atoms with E-state index in [0.717, 1.165) is 37.1 Å². The van der Waals surface area contributed by atoms with E-state index in [2.05, 4.69) is 5.32 Å². The quantitative estimate of drug-likeness (QED) is 0.705. The molecule has 1 aliphatic heterocycles. The van der Waals surface area contributed by atoms with Crippen LogP contribution in [0, 0.1) is 0 Å². The molecule has 2 aromatic carbocycles. The SMILES string of the molecule is O=C1CCCC2=C1C(c1ccccc1OS(=O)(=O)c1ccccc1)C1=C(CCCC1=O)N2. The van der Waals surface area contributed by atoms with Crippen molar-refractivity contribution in [3.63, 3.8) is 0 Å². The van der Waals surface area contributed by atoms with Crippen molar-refractivity contribution in [1.82, 2.24) is 5.32 Å². The molecule has 0 atom stereocenters. The summed E-state index contributed by atoms with van der Waals surface area (Å²) in [6.45, 7) is 0. The number of Topliss-reactive ketones (excluding diaryl/α,β-unsaturated/α-hetero) is 2. The van der Waals surface area contributed by atoms with Gasteiger partial charge in [-0.05, 0) is 43.9 Å². The normalized spacial score (nSPS) is 19.4. The topological polar surface area (TPSA) is 89.5 Å². The van der Waals surface area contributed by atoms with E-state index < -0.39 is 16.0 Å². The first-order valence-corrected chi connectivity index (χ1v) is 12.2. The van der Waals surface area contributed by atoms with Gasteiger partial charge in [-0.15, -0.1) is 0 Å². The van der Waals surface area contributed by atoms with Crippen LogP contribution < -0.4 is 9.50 Å². The van der Waals surface area contributed by atoms with Gasteiger partial charge < -0.3 is 9.50 Å². The lowest BCUT2D eigenvalue weighted by atomic mass is 9.71. The molecule has 32 heavy (non-hydrogen) atoms. The summed E-state index contributed by atoms with van der Waals surface area (Å²) in [5.41, 5.74) is 3.36. The smallest absolute Gasteiger partial charge is 0.339 e. The zero-order chi connectivity index (χ0) is 22.3. The van der Waals surface area contributed by atoms with Gasteiger partial charge in [-0.1, -0.05) is 36.4 Å². The van der Waals surface area contributed by atoms with Crippen LogP contribution in [0.5, 0.6) is 5.75 Å². The lowest BCUT2D eigenvalue weighted by Gasteiger charge is -2.37. The Kier molecular flexibility index (Phi) is 5.21. The van der Waals surface area contributed by atoms with E-state index in [1.165, 1.54) is 12.1 Å². The molecule has 0 spiro atoms. The molecule has 2 aromatic rings. The zero-order valence-electron chi connectivity index (χ0n) is 17.5. The molecule has 0 aromatic heterocycles. The summed E-state index contributed by atoms with van der Waals surface area (Å²) >= 11 is 0. The minimum Gasteiger partial charge on any atom is -0.379 e. The first-order chi connectivity index (χ1) is 15.5. The van der Waals surface area contributed by atoms with E-state index in [9.17, 15) is 18.0 Å². The highest BCUT2D eigenvalue weighted by atomic mass is 32.2. The minimum atomic E-state index is -4.08. The van der Waals surface area contributed by atoms with Crippen LogP contribution in [-0.2, 0) is 19.7 Å². The number of rotatable bonds is 4. The molecule has 7 heteroatoms. The van der Waals surface area contributed by atoms with Crippen molar-refractivity contribution in [2.75, 3.05) is 0 Å². The number of hydrogen-bond acceptors (Lipinski definition) is 6. The van der Waals surface area contributed by atoms with Crippen LogP contribution >= 0.6 is 0 Å². The second-order valence-corrected chi connectivity index (χ2v) is 9.83. The second kappa shape index (κ2) is 8.06. The van der Waals surface area contributed by atoms with Gasteiger partial charge in [0.15, 0.2) is 11.6 Å². The van der Waals surface area contributed by atoms with Crippen LogP contribution in [0.4, 0.5) is 0 Å². The summed E-state index contributed by atoms with van der Waals surface area (Å²) in [6.07, 6.45) is 3.81. The summed E-state index contributed by atoms with van der Waals surface area (Å²) in [7, 11) is -4.08. The van der Waals surface area contributed by atoms with E-state index in [4.69, 9.17) is 4.18 Å². The number of ketones is 2. The Labute approximate surface area is 187 Å². The molecule has 6 nitrogen and oxygen atoms in total. The Balaban J connectivity index is 1.65. The monoisotopic (exact) mass is 449 g/mol. The number of dihydropyridines is 1. The molecule has 0 bridgehead atoms. The summed E-state index contributed by atoms with van der Waals surface area (Å²) in [4.78, 5) is 26.1. The Morgan fingerprint density at radius 2 is 1.31 bits per heavy atom. The predicted octanol–water partition coefficient (Wildman–Crippen LogP) is 4.16. The molecule has 3 aliphatic rings. The van der Waals surface area contributed by atoms with Gasteiger partial charge in [-0.3, -0.25) is 9.59 Å². The third kappa shape index (κ3) is 3.56. The van der Waals surface area contributed by atoms with Gasteiger partial charge in [0.1, 0.15) is 10.6 Å². The fourth-order valence-electron chi connectivity index (χ4n) is 4.84. The number of nitrogens with one attached hydrogen (secondary N) is 1. The maximum atomic E-state index is 13.0. The van der Waals surface area contributed by atoms with Crippen molar-refractivity contribution in [1.29, 1.82) is 0 Å². The first-order valence-electron chi connectivity index (χ1n) is 10.8. The number of carbonyl (C=O) groups excluding carboxylic acids is 2. The van der Waals surface area contributed by atoms with Gasteiger partial charge in [0.25, 0.3) is 0 Å². The third-order valence-corrected chi connectivity index (χ3v) is 7.50. The van der Waals surface area contributed by atoms with E-state index >= 15 is 0 Å². The molecule has 1 N–H and O–H groups in total. The maximum Gasteiger partial charge on any atom is 0.339 e. The molecule has 164 valence electrons. The van der Waals surface area contributed by atoms with Crippen molar-refractivity contribution >= 4 is 21.7 Å². The van der Waals surface area contributed by atoms with Gasteiger partial charge >= 0.3 is 10.1 Å². The van der Waals surface area contributed by atoms with Crippen LogP contribution in [0.2, 0.25) is 0 Å². The van der Waals surface area contributed by atoms with Crippen molar-refractivity contribution in [2.24, 2.45) is 0 Å². The summed E-state index contributed by atoms with van der Waals surface area (Å²) < 4.78 is 31.5. The van der Waals surface area contributed by atoms with Gasteiger partial charge in [0, 0.05) is 46.9 Å². The lowest BCUT2D eigenvalue weighted by molar-refractivity contribution is -0.116. The molecule has 5 rings (SSSR count). The molecule has 0 unspecified atom stereocenters. The highest BCUT2D eigenvalue weighted by Crippen LogP contribution is 2.47. The minimum absolute atomic E-state index is 0.00519. The Morgan fingerprint density at radius 1 is 0.750 bits per heavy atom. The zero-order valence-corrected chi connectivity index (χ0v) is 18.3. The third-order valence-electron chi connectivity index (χ3n) is 6.25. The summed E-state index contributed by atoms with van der Waals surface area (Å²) in [6, 6.07) is 14.7. The number of allylic oxidation sites excluding steroid dienone is 4. The lowest BCUT2D eigenvalue weighted by Crippen LogP contribution is -2.36. The highest BCUT2D eigenvalue weighted by molar-refractivity contribution is 7.87. The molecule has 0 radical (unpaired) electrons. The average Bonchev–Trinajstić information content (AvgIpc) is 2.79. The van der Waals surface area contributed by atoms with E-state index in [0.29, 0.717) is 29.6 Å². The molecule has 0 fully saturated rings. The van der Waals surface area contributed by atoms with Crippen molar-refractivity contribution < 1.29 is 22.2 Å². The van der Waals surface area contributed by atoms with E-state index in [-0.39, 0.29) is 22.2 Å². The average molecular weight is 450 g/mol. The van der Waals surface area contributed by atoms with Crippen molar-refractivity contribution in [3.8, 4) is 5.75 Å². The molecule has 1 heterocycles. The van der Waals surface area contributed by atoms with Gasteiger partial charge in [-0.2, -0.15) is 8.42 Å². The Bertz CT molecular complexity index is 1230. The number of para-hydroxylation sites is 1. The van der Waals surface area contributed by atoms with Crippen LogP contribution in [0.15, 0.2) is 82.0 Å². The maximum absolute atomic E-state index is 13.0. The van der Waals surface area contributed by atoms with Gasteiger partial charge in [-0.25, -0.2) is 0 Å². The molecule has 2 aliphatic carbocycles. The van der Waals surface area contributed by atoms with Crippen LogP contribution in [0.25, 0.3) is 0 Å².